The summed E-state index contributed by atoms with van der Waals surface area (Å²) in [5.41, 5.74) is 1.46. The van der Waals surface area contributed by atoms with Gasteiger partial charge in [0.05, 0.1) is 6.61 Å². The van der Waals surface area contributed by atoms with E-state index >= 15 is 0 Å². The molecule has 2 nitrogen and oxygen atoms in total. The quantitative estimate of drug-likeness (QED) is 0.355. The normalized spacial score (nSPS) is 11.3. The molecule has 0 saturated carbocycles. The van der Waals surface area contributed by atoms with Crippen molar-refractivity contribution in [3.8, 4) is 0 Å². The Balaban J connectivity index is 3.37. The van der Waals surface area contributed by atoms with Crippen molar-refractivity contribution < 1.29 is 9.53 Å². The lowest BCUT2D eigenvalue weighted by molar-refractivity contribution is -0.143. The highest BCUT2D eigenvalue weighted by Crippen LogP contribution is 2.22. The zero-order valence-electron chi connectivity index (χ0n) is 12.0. The van der Waals surface area contributed by atoms with Gasteiger partial charge in [0.1, 0.15) is 0 Å². The minimum Gasteiger partial charge on any atom is -0.465 e. The van der Waals surface area contributed by atoms with Crippen LogP contribution in [0.1, 0.15) is 66.2 Å². The molecule has 0 aromatic carbocycles. The van der Waals surface area contributed by atoms with Crippen molar-refractivity contribution in [1.29, 1.82) is 0 Å². The average Bonchev–Trinajstić information content (AvgIpc) is 2.14. The molecule has 0 aromatic heterocycles. The molecule has 0 amide bonds. The van der Waals surface area contributed by atoms with Crippen molar-refractivity contribution in [2.24, 2.45) is 5.41 Å². The van der Waals surface area contributed by atoms with E-state index in [9.17, 15) is 4.79 Å². The van der Waals surface area contributed by atoms with Gasteiger partial charge >= 0.3 is 5.97 Å². The monoisotopic (exact) mass is 240 g/mol. The molecule has 0 atom stereocenters. The van der Waals surface area contributed by atoms with Crippen LogP contribution in [0.2, 0.25) is 0 Å². The minimum atomic E-state index is -0.0676. The van der Waals surface area contributed by atoms with E-state index in [0.717, 1.165) is 24.8 Å². The average molecular weight is 240 g/mol. The Bertz CT molecular complexity index is 236. The first-order valence-corrected chi connectivity index (χ1v) is 6.61. The first-order chi connectivity index (χ1) is 7.81. The van der Waals surface area contributed by atoms with E-state index in [1.54, 1.807) is 0 Å². The summed E-state index contributed by atoms with van der Waals surface area (Å²) < 4.78 is 5.10. The van der Waals surface area contributed by atoms with E-state index < -0.39 is 0 Å². The Morgan fingerprint density at radius 1 is 1.12 bits per heavy atom. The first-order valence-electron chi connectivity index (χ1n) is 6.61. The highest BCUT2D eigenvalue weighted by atomic mass is 16.5. The molecule has 0 bridgehead atoms. The second-order valence-electron chi connectivity index (χ2n) is 6.05. The van der Waals surface area contributed by atoms with Crippen molar-refractivity contribution in [3.05, 3.63) is 12.2 Å². The number of esters is 1. The number of hydrogen-bond acceptors (Lipinski definition) is 2. The van der Waals surface area contributed by atoms with Gasteiger partial charge < -0.3 is 4.74 Å². The van der Waals surface area contributed by atoms with Gasteiger partial charge in [0.15, 0.2) is 0 Å². The SMILES string of the molecule is C=C(C)CCOC(=O)CCCCCC(C)(C)C. The number of rotatable bonds is 8. The third-order valence-corrected chi connectivity index (χ3v) is 2.60. The minimum absolute atomic E-state index is 0.0676. The van der Waals surface area contributed by atoms with Gasteiger partial charge in [0.25, 0.3) is 0 Å². The van der Waals surface area contributed by atoms with E-state index in [0.29, 0.717) is 18.4 Å². The maximum Gasteiger partial charge on any atom is 0.305 e. The topological polar surface area (TPSA) is 26.3 Å². The molecular formula is C15H28O2. The first kappa shape index (κ1) is 16.2. The summed E-state index contributed by atoms with van der Waals surface area (Å²) in [6.07, 6.45) is 5.81. The molecule has 0 saturated heterocycles. The zero-order chi connectivity index (χ0) is 13.3. The molecule has 17 heavy (non-hydrogen) atoms. The fourth-order valence-corrected chi connectivity index (χ4v) is 1.51. The van der Waals surface area contributed by atoms with Crippen LogP contribution in [0, 0.1) is 5.41 Å². The van der Waals surface area contributed by atoms with E-state index in [1.165, 1.54) is 12.8 Å². The lowest BCUT2D eigenvalue weighted by Crippen LogP contribution is -2.07. The number of hydrogen-bond donors (Lipinski definition) is 0. The molecule has 0 N–H and O–H groups in total. The van der Waals surface area contributed by atoms with Gasteiger partial charge in [-0.3, -0.25) is 4.79 Å². The van der Waals surface area contributed by atoms with Crippen molar-refractivity contribution in [3.63, 3.8) is 0 Å². The predicted molar refractivity (Wildman–Crippen MR) is 72.9 cm³/mol. The van der Waals surface area contributed by atoms with E-state index in [-0.39, 0.29) is 5.97 Å². The summed E-state index contributed by atoms with van der Waals surface area (Å²) in [5.74, 6) is -0.0676. The molecule has 100 valence electrons. The lowest BCUT2D eigenvalue weighted by atomic mass is 9.89. The molecule has 0 rings (SSSR count). The molecule has 0 heterocycles. The summed E-state index contributed by atoms with van der Waals surface area (Å²) in [5, 5.41) is 0. The Hall–Kier alpha value is -0.790. The maximum absolute atomic E-state index is 11.3. The van der Waals surface area contributed by atoms with Crippen molar-refractivity contribution in [1.82, 2.24) is 0 Å². The summed E-state index contributed by atoms with van der Waals surface area (Å²) in [7, 11) is 0. The molecular weight excluding hydrogens is 212 g/mol. The molecule has 2 heteroatoms. The summed E-state index contributed by atoms with van der Waals surface area (Å²) in [6, 6.07) is 0. The van der Waals surface area contributed by atoms with Gasteiger partial charge in [-0.15, -0.1) is 6.58 Å². The lowest BCUT2D eigenvalue weighted by Gasteiger charge is -2.17. The van der Waals surface area contributed by atoms with Crippen molar-refractivity contribution >= 4 is 5.97 Å². The summed E-state index contributed by atoms with van der Waals surface area (Å²) in [4.78, 5) is 11.3. The standard InChI is InChI=1S/C15H28O2/c1-13(2)10-12-17-14(16)9-7-6-8-11-15(3,4)5/h1,6-12H2,2-5H3. The number of carbonyl (C=O) groups excluding carboxylic acids is 1. The van der Waals surface area contributed by atoms with Crippen LogP contribution >= 0.6 is 0 Å². The number of carbonyl (C=O) groups is 1. The van der Waals surface area contributed by atoms with Crippen LogP contribution in [-0.2, 0) is 9.53 Å². The molecule has 0 aromatic rings. The molecule has 0 fully saturated rings. The van der Waals surface area contributed by atoms with Crippen LogP contribution in [-0.4, -0.2) is 12.6 Å². The van der Waals surface area contributed by atoms with Crippen LogP contribution < -0.4 is 0 Å². The Kier molecular flexibility index (Phi) is 7.94. The van der Waals surface area contributed by atoms with Crippen LogP contribution in [0.15, 0.2) is 12.2 Å². The summed E-state index contributed by atoms with van der Waals surface area (Å²) >= 11 is 0. The van der Waals surface area contributed by atoms with Gasteiger partial charge in [-0.1, -0.05) is 39.2 Å². The third kappa shape index (κ3) is 13.1. The van der Waals surface area contributed by atoms with Crippen LogP contribution in [0.3, 0.4) is 0 Å². The van der Waals surface area contributed by atoms with Gasteiger partial charge in [0.2, 0.25) is 0 Å². The van der Waals surface area contributed by atoms with Crippen LogP contribution in [0.4, 0.5) is 0 Å². The second-order valence-corrected chi connectivity index (χ2v) is 6.05. The smallest absolute Gasteiger partial charge is 0.305 e. The van der Waals surface area contributed by atoms with E-state index in [1.807, 2.05) is 6.92 Å². The molecule has 0 aliphatic carbocycles. The van der Waals surface area contributed by atoms with Gasteiger partial charge in [-0.05, 0) is 25.2 Å². The molecule has 0 radical (unpaired) electrons. The van der Waals surface area contributed by atoms with Crippen molar-refractivity contribution in [2.45, 2.75) is 66.2 Å². The van der Waals surface area contributed by atoms with Crippen LogP contribution in [0.25, 0.3) is 0 Å². The fraction of sp³-hybridized carbons (Fsp3) is 0.800. The van der Waals surface area contributed by atoms with Gasteiger partial charge in [0, 0.05) is 12.8 Å². The Labute approximate surface area is 106 Å². The Morgan fingerprint density at radius 2 is 1.76 bits per heavy atom. The molecule has 0 unspecified atom stereocenters. The summed E-state index contributed by atoms with van der Waals surface area (Å²) in [6.45, 7) is 12.9. The maximum atomic E-state index is 11.3. The fourth-order valence-electron chi connectivity index (χ4n) is 1.51. The highest BCUT2D eigenvalue weighted by molar-refractivity contribution is 5.69. The van der Waals surface area contributed by atoms with Gasteiger partial charge in [-0.2, -0.15) is 0 Å². The van der Waals surface area contributed by atoms with Gasteiger partial charge in [-0.25, -0.2) is 0 Å². The molecule has 0 aliphatic rings. The largest absolute Gasteiger partial charge is 0.465 e. The number of ether oxygens (including phenoxy) is 1. The third-order valence-electron chi connectivity index (χ3n) is 2.60. The van der Waals surface area contributed by atoms with Crippen LogP contribution in [0.5, 0.6) is 0 Å². The number of unbranched alkanes of at least 4 members (excludes halogenated alkanes) is 2. The highest BCUT2D eigenvalue weighted by Gasteiger charge is 2.09. The van der Waals surface area contributed by atoms with E-state index in [4.69, 9.17) is 4.74 Å². The van der Waals surface area contributed by atoms with Crippen molar-refractivity contribution in [2.75, 3.05) is 6.61 Å². The second kappa shape index (κ2) is 8.32. The van der Waals surface area contributed by atoms with E-state index in [2.05, 4.69) is 27.4 Å². The molecule has 0 aliphatic heterocycles. The Morgan fingerprint density at radius 3 is 2.29 bits per heavy atom. The molecule has 0 spiro atoms. The predicted octanol–water partition coefficient (Wildman–Crippen LogP) is 4.49. The zero-order valence-corrected chi connectivity index (χ0v) is 12.0.